The number of aromatic nitrogens is 2. The van der Waals surface area contributed by atoms with E-state index >= 15 is 0 Å². The van der Waals surface area contributed by atoms with Crippen molar-refractivity contribution in [1.29, 1.82) is 0 Å². The maximum atomic E-state index is 12.6. The van der Waals surface area contributed by atoms with Gasteiger partial charge in [0.2, 0.25) is 5.91 Å². The number of carbonyl (C=O) groups is 1. The number of pyridine rings is 1. The second kappa shape index (κ2) is 4.82. The van der Waals surface area contributed by atoms with Crippen LogP contribution >= 0.6 is 0 Å². The van der Waals surface area contributed by atoms with Gasteiger partial charge in [-0.2, -0.15) is 0 Å². The minimum Gasteiger partial charge on any atom is -0.326 e. The quantitative estimate of drug-likeness (QED) is 0.764. The average molecular weight is 328 g/mol. The number of nitrogens with one attached hydrogen (secondary N) is 2. The second-order valence-corrected chi connectivity index (χ2v) is 6.91. The van der Waals surface area contributed by atoms with Crippen molar-refractivity contribution in [1.82, 2.24) is 9.38 Å². The molecule has 3 heterocycles. The molecular formula is C15H12N4O3S. The Kier molecular flexibility index (Phi) is 2.88. The summed E-state index contributed by atoms with van der Waals surface area (Å²) in [5, 5.41) is 2.68. The van der Waals surface area contributed by atoms with Crippen LogP contribution in [0.4, 0.5) is 11.4 Å². The smallest absolute Gasteiger partial charge is 0.262 e. The van der Waals surface area contributed by atoms with Gasteiger partial charge in [0.05, 0.1) is 17.0 Å². The molecule has 0 spiro atoms. The lowest BCUT2D eigenvalue weighted by molar-refractivity contribution is -0.115. The highest BCUT2D eigenvalue weighted by Crippen LogP contribution is 2.27. The first-order valence-corrected chi connectivity index (χ1v) is 8.38. The number of hydrogen-bond acceptors (Lipinski definition) is 4. The Bertz CT molecular complexity index is 1040. The van der Waals surface area contributed by atoms with Crippen LogP contribution in [0.15, 0.2) is 53.8 Å². The van der Waals surface area contributed by atoms with Gasteiger partial charge in [-0.1, -0.05) is 0 Å². The molecule has 3 aromatic rings. The van der Waals surface area contributed by atoms with Gasteiger partial charge in [0, 0.05) is 24.3 Å². The fourth-order valence-electron chi connectivity index (χ4n) is 2.60. The molecule has 1 aliphatic heterocycles. The summed E-state index contributed by atoms with van der Waals surface area (Å²) in [4.78, 5) is 15.6. The minimum atomic E-state index is -3.76. The van der Waals surface area contributed by atoms with Gasteiger partial charge in [0.1, 0.15) is 0 Å². The number of carbonyl (C=O) groups excluding carboxylic acids is 1. The molecule has 0 saturated heterocycles. The molecule has 0 fully saturated rings. The third kappa shape index (κ3) is 2.33. The first-order chi connectivity index (χ1) is 11.0. The first-order valence-electron chi connectivity index (χ1n) is 6.90. The number of benzene rings is 1. The molecule has 2 aromatic heterocycles. The lowest BCUT2D eigenvalue weighted by Crippen LogP contribution is -2.14. The van der Waals surface area contributed by atoms with Crippen LogP contribution in [0.3, 0.4) is 0 Å². The Labute approximate surface area is 132 Å². The highest BCUT2D eigenvalue weighted by atomic mass is 32.2. The van der Waals surface area contributed by atoms with Crippen LogP contribution in [0.1, 0.15) is 5.56 Å². The molecule has 0 saturated carbocycles. The van der Waals surface area contributed by atoms with Crippen molar-refractivity contribution in [3.05, 3.63) is 54.5 Å². The molecule has 23 heavy (non-hydrogen) atoms. The summed E-state index contributed by atoms with van der Waals surface area (Å²) in [6, 6.07) is 7.97. The van der Waals surface area contributed by atoms with Gasteiger partial charge in [0.25, 0.3) is 10.0 Å². The largest absolute Gasteiger partial charge is 0.326 e. The summed E-state index contributed by atoms with van der Waals surface area (Å²) >= 11 is 0. The molecular weight excluding hydrogens is 316 g/mol. The first kappa shape index (κ1) is 13.8. The van der Waals surface area contributed by atoms with E-state index in [0.29, 0.717) is 22.6 Å². The third-order valence-corrected chi connectivity index (χ3v) is 5.04. The SMILES string of the molecule is O=C1Cc2cc(S(=O)(=O)Nc3cccn4ccnc34)ccc2N1. The highest BCUT2D eigenvalue weighted by Gasteiger charge is 2.22. The van der Waals surface area contributed by atoms with Gasteiger partial charge in [-0.15, -0.1) is 0 Å². The molecule has 1 amide bonds. The monoisotopic (exact) mass is 328 g/mol. The number of hydrogen-bond donors (Lipinski definition) is 2. The predicted octanol–water partition coefficient (Wildman–Crippen LogP) is 1.63. The van der Waals surface area contributed by atoms with E-state index in [1.54, 1.807) is 41.2 Å². The van der Waals surface area contributed by atoms with Gasteiger partial charge >= 0.3 is 0 Å². The van der Waals surface area contributed by atoms with Gasteiger partial charge in [-0.05, 0) is 35.9 Å². The molecule has 0 atom stereocenters. The minimum absolute atomic E-state index is 0.112. The molecule has 8 heteroatoms. The molecule has 7 nitrogen and oxygen atoms in total. The zero-order valence-corrected chi connectivity index (χ0v) is 12.7. The molecule has 0 aliphatic carbocycles. The van der Waals surface area contributed by atoms with Crippen LogP contribution in [0.25, 0.3) is 5.65 Å². The Morgan fingerprint density at radius 1 is 1.22 bits per heavy atom. The van der Waals surface area contributed by atoms with Gasteiger partial charge in [-0.3, -0.25) is 9.52 Å². The number of fused-ring (bicyclic) bond motifs is 2. The number of rotatable bonds is 3. The summed E-state index contributed by atoms with van der Waals surface area (Å²) in [5.41, 5.74) is 2.25. The summed E-state index contributed by atoms with van der Waals surface area (Å²) < 4.78 is 29.5. The molecule has 0 radical (unpaired) electrons. The fourth-order valence-corrected chi connectivity index (χ4v) is 3.72. The van der Waals surface area contributed by atoms with Crippen molar-refractivity contribution in [3.63, 3.8) is 0 Å². The number of nitrogens with zero attached hydrogens (tertiary/aromatic N) is 2. The van der Waals surface area contributed by atoms with E-state index in [2.05, 4.69) is 15.0 Å². The molecule has 116 valence electrons. The summed E-state index contributed by atoms with van der Waals surface area (Å²) in [6.07, 6.45) is 5.31. The Morgan fingerprint density at radius 2 is 2.09 bits per heavy atom. The van der Waals surface area contributed by atoms with Crippen molar-refractivity contribution in [2.24, 2.45) is 0 Å². The van der Waals surface area contributed by atoms with Gasteiger partial charge < -0.3 is 9.72 Å². The van der Waals surface area contributed by atoms with Crippen molar-refractivity contribution >= 4 is 33.0 Å². The highest BCUT2D eigenvalue weighted by molar-refractivity contribution is 7.92. The summed E-state index contributed by atoms with van der Waals surface area (Å²) in [6.45, 7) is 0. The lowest BCUT2D eigenvalue weighted by atomic mass is 10.2. The molecule has 0 unspecified atom stereocenters. The fraction of sp³-hybridized carbons (Fsp3) is 0.0667. The van der Waals surface area contributed by atoms with Crippen LogP contribution in [-0.2, 0) is 21.2 Å². The summed E-state index contributed by atoms with van der Waals surface area (Å²) in [5.74, 6) is -0.135. The van der Waals surface area contributed by atoms with E-state index in [4.69, 9.17) is 0 Å². The number of anilines is 2. The van der Waals surface area contributed by atoms with E-state index < -0.39 is 10.0 Å². The lowest BCUT2D eigenvalue weighted by Gasteiger charge is -2.10. The summed E-state index contributed by atoms with van der Waals surface area (Å²) in [7, 11) is -3.76. The molecule has 4 rings (SSSR count). The van der Waals surface area contributed by atoms with Crippen molar-refractivity contribution in [3.8, 4) is 0 Å². The van der Waals surface area contributed by atoms with Crippen molar-refractivity contribution in [2.75, 3.05) is 10.0 Å². The molecule has 0 bridgehead atoms. The zero-order chi connectivity index (χ0) is 16.0. The zero-order valence-electron chi connectivity index (χ0n) is 11.9. The maximum absolute atomic E-state index is 12.6. The Hall–Kier alpha value is -2.87. The molecule has 1 aromatic carbocycles. The Morgan fingerprint density at radius 3 is 2.96 bits per heavy atom. The van der Waals surface area contributed by atoms with E-state index in [0.717, 1.165) is 0 Å². The van der Waals surface area contributed by atoms with Crippen LogP contribution in [-0.4, -0.2) is 23.7 Å². The third-order valence-electron chi connectivity index (χ3n) is 3.68. The van der Waals surface area contributed by atoms with Crippen LogP contribution < -0.4 is 10.0 Å². The number of sulfonamides is 1. The normalized spacial score (nSPS) is 13.8. The van der Waals surface area contributed by atoms with E-state index in [1.165, 1.54) is 12.1 Å². The van der Waals surface area contributed by atoms with Crippen LogP contribution in [0.5, 0.6) is 0 Å². The van der Waals surface area contributed by atoms with E-state index in [9.17, 15) is 13.2 Å². The van der Waals surface area contributed by atoms with Crippen molar-refractivity contribution in [2.45, 2.75) is 11.3 Å². The van der Waals surface area contributed by atoms with Crippen LogP contribution in [0.2, 0.25) is 0 Å². The maximum Gasteiger partial charge on any atom is 0.262 e. The van der Waals surface area contributed by atoms with E-state index in [1.807, 2.05) is 0 Å². The molecule has 1 aliphatic rings. The van der Waals surface area contributed by atoms with Crippen LogP contribution in [0, 0.1) is 0 Å². The van der Waals surface area contributed by atoms with E-state index in [-0.39, 0.29) is 17.2 Å². The van der Waals surface area contributed by atoms with Crippen molar-refractivity contribution < 1.29 is 13.2 Å². The second-order valence-electron chi connectivity index (χ2n) is 5.23. The molecule has 2 N–H and O–H groups in total. The average Bonchev–Trinajstić information content (AvgIpc) is 3.11. The number of imidazole rings is 1. The van der Waals surface area contributed by atoms with Gasteiger partial charge in [-0.25, -0.2) is 13.4 Å². The number of amides is 1. The topological polar surface area (TPSA) is 92.6 Å². The Balaban J connectivity index is 1.73. The van der Waals surface area contributed by atoms with Gasteiger partial charge in [0.15, 0.2) is 5.65 Å². The predicted molar refractivity (Wildman–Crippen MR) is 84.8 cm³/mol. The standard InChI is InChI=1S/C15H12N4O3S/c20-14-9-10-8-11(3-4-12(10)17-14)23(21,22)18-13-2-1-6-19-7-5-16-15(13)19/h1-8,18H,9H2,(H,17,20).